The Labute approximate surface area is 160 Å². The van der Waals surface area contributed by atoms with Crippen LogP contribution in [0, 0.1) is 6.92 Å². The maximum Gasteiger partial charge on any atom is 0.254 e. The van der Waals surface area contributed by atoms with E-state index in [-0.39, 0.29) is 17.9 Å². The van der Waals surface area contributed by atoms with Gasteiger partial charge in [-0.25, -0.2) is 4.68 Å². The molecule has 0 radical (unpaired) electrons. The Hall–Kier alpha value is -2.92. The van der Waals surface area contributed by atoms with Gasteiger partial charge < -0.3 is 11.1 Å². The molecule has 27 heavy (non-hydrogen) atoms. The van der Waals surface area contributed by atoms with E-state index in [1.54, 1.807) is 6.20 Å². The minimum Gasteiger partial charge on any atom is -0.350 e. The lowest BCUT2D eigenvalue weighted by molar-refractivity contribution is 0.0950. The molecule has 1 amide bonds. The molecule has 0 saturated heterocycles. The summed E-state index contributed by atoms with van der Waals surface area (Å²) in [5.41, 5.74) is 10.8. The van der Waals surface area contributed by atoms with Crippen molar-refractivity contribution in [2.24, 2.45) is 5.73 Å². The second-order valence-corrected chi connectivity index (χ2v) is 7.07. The van der Waals surface area contributed by atoms with Crippen LogP contribution in [0.25, 0.3) is 5.69 Å². The van der Waals surface area contributed by atoms with Crippen LogP contribution in [-0.4, -0.2) is 22.2 Å². The van der Waals surface area contributed by atoms with Crippen LogP contribution in [0.3, 0.4) is 0 Å². The Bertz CT molecular complexity index is 898. The molecule has 1 atom stereocenters. The molecule has 1 heterocycles. The van der Waals surface area contributed by atoms with Crippen molar-refractivity contribution < 1.29 is 4.79 Å². The third-order valence-electron chi connectivity index (χ3n) is 4.59. The second kappa shape index (κ2) is 8.18. The number of amides is 1. The number of hydrogen-bond acceptors (Lipinski definition) is 3. The van der Waals surface area contributed by atoms with Crippen LogP contribution in [0.15, 0.2) is 60.8 Å². The summed E-state index contributed by atoms with van der Waals surface area (Å²) in [6.45, 7) is 6.55. The molecule has 0 aliphatic carbocycles. The van der Waals surface area contributed by atoms with Gasteiger partial charge in [0.1, 0.15) is 0 Å². The molecular formula is C22H26N4O. The molecule has 3 aromatic rings. The highest BCUT2D eigenvalue weighted by molar-refractivity contribution is 5.95. The van der Waals surface area contributed by atoms with Crippen molar-refractivity contribution in [2.75, 3.05) is 6.54 Å². The first kappa shape index (κ1) is 18.9. The largest absolute Gasteiger partial charge is 0.350 e. The fourth-order valence-electron chi connectivity index (χ4n) is 3.10. The minimum atomic E-state index is -0.246. The average molecular weight is 362 g/mol. The Morgan fingerprint density at radius 1 is 1.11 bits per heavy atom. The van der Waals surface area contributed by atoms with E-state index >= 15 is 0 Å². The number of rotatable bonds is 6. The summed E-state index contributed by atoms with van der Waals surface area (Å²) in [7, 11) is 0. The molecular weight excluding hydrogens is 336 g/mol. The summed E-state index contributed by atoms with van der Waals surface area (Å²) >= 11 is 0. The third kappa shape index (κ3) is 4.26. The van der Waals surface area contributed by atoms with E-state index in [1.807, 2.05) is 66.2 Å². The molecule has 1 aromatic heterocycles. The summed E-state index contributed by atoms with van der Waals surface area (Å²) < 4.78 is 1.84. The monoisotopic (exact) mass is 362 g/mol. The van der Waals surface area contributed by atoms with Crippen molar-refractivity contribution in [3.63, 3.8) is 0 Å². The molecule has 2 aromatic carbocycles. The first-order valence-corrected chi connectivity index (χ1v) is 9.21. The molecule has 0 spiro atoms. The van der Waals surface area contributed by atoms with E-state index < -0.39 is 0 Å². The number of nitrogens with one attached hydrogen (secondary N) is 1. The fourth-order valence-corrected chi connectivity index (χ4v) is 3.10. The van der Waals surface area contributed by atoms with Crippen molar-refractivity contribution in [3.8, 4) is 5.69 Å². The van der Waals surface area contributed by atoms with Gasteiger partial charge in [0.2, 0.25) is 0 Å². The highest BCUT2D eigenvalue weighted by atomic mass is 16.1. The quantitative estimate of drug-likeness (QED) is 0.702. The molecule has 0 fully saturated rings. The van der Waals surface area contributed by atoms with Crippen molar-refractivity contribution >= 4 is 5.91 Å². The maximum atomic E-state index is 12.8. The number of carbonyl (C=O) groups is 1. The molecule has 0 saturated carbocycles. The zero-order chi connectivity index (χ0) is 19.4. The highest BCUT2D eigenvalue weighted by Gasteiger charge is 2.21. The highest BCUT2D eigenvalue weighted by Crippen LogP contribution is 2.23. The molecule has 0 aliphatic rings. The summed E-state index contributed by atoms with van der Waals surface area (Å²) in [6.07, 6.45) is 1.64. The van der Waals surface area contributed by atoms with Crippen LogP contribution >= 0.6 is 0 Å². The van der Waals surface area contributed by atoms with Crippen molar-refractivity contribution in [2.45, 2.75) is 32.7 Å². The van der Waals surface area contributed by atoms with Gasteiger partial charge in [0, 0.05) is 12.6 Å². The summed E-state index contributed by atoms with van der Waals surface area (Å²) in [4.78, 5) is 12.8. The van der Waals surface area contributed by atoms with Crippen LogP contribution in [0.5, 0.6) is 0 Å². The number of aromatic nitrogens is 2. The maximum absolute atomic E-state index is 12.8. The molecule has 5 heteroatoms. The van der Waals surface area contributed by atoms with E-state index in [0.717, 1.165) is 16.9 Å². The fraction of sp³-hybridized carbons (Fsp3) is 0.273. The van der Waals surface area contributed by atoms with E-state index in [0.29, 0.717) is 12.1 Å². The zero-order valence-corrected chi connectivity index (χ0v) is 16.0. The molecule has 5 nitrogen and oxygen atoms in total. The predicted octanol–water partition coefficient (Wildman–Crippen LogP) is 3.73. The van der Waals surface area contributed by atoms with Crippen LogP contribution < -0.4 is 11.1 Å². The Balaban J connectivity index is 1.79. The second-order valence-electron chi connectivity index (χ2n) is 7.07. The lowest BCUT2D eigenvalue weighted by Gasteiger charge is -2.15. The van der Waals surface area contributed by atoms with Gasteiger partial charge in [-0.3, -0.25) is 4.79 Å². The van der Waals surface area contributed by atoms with E-state index in [1.165, 1.54) is 5.56 Å². The van der Waals surface area contributed by atoms with Crippen LogP contribution in [-0.2, 0) is 0 Å². The number of benzene rings is 2. The Morgan fingerprint density at radius 2 is 1.78 bits per heavy atom. The van der Waals surface area contributed by atoms with Crippen LogP contribution in [0.4, 0.5) is 0 Å². The zero-order valence-electron chi connectivity index (χ0n) is 16.0. The topological polar surface area (TPSA) is 72.9 Å². The predicted molar refractivity (Wildman–Crippen MR) is 108 cm³/mol. The minimum absolute atomic E-state index is 0.150. The summed E-state index contributed by atoms with van der Waals surface area (Å²) in [5, 5.41) is 7.42. The number of carbonyl (C=O) groups excluding carboxylic acids is 1. The third-order valence-corrected chi connectivity index (χ3v) is 4.59. The van der Waals surface area contributed by atoms with E-state index in [2.05, 4.69) is 24.3 Å². The Kier molecular flexibility index (Phi) is 5.72. The molecule has 3 rings (SSSR count). The SMILES string of the molecule is Cc1ccc(-n2ncc(C(=O)NCC(N)c3ccccc3)c2C(C)C)cc1. The summed E-state index contributed by atoms with van der Waals surface area (Å²) in [5.74, 6) is 0.000734. The number of nitrogens with two attached hydrogens (primary N) is 1. The number of hydrogen-bond donors (Lipinski definition) is 2. The first-order chi connectivity index (χ1) is 13.0. The van der Waals surface area contributed by atoms with Gasteiger partial charge in [0.25, 0.3) is 5.91 Å². The van der Waals surface area contributed by atoms with Gasteiger partial charge in [0.15, 0.2) is 0 Å². The smallest absolute Gasteiger partial charge is 0.254 e. The molecule has 1 unspecified atom stereocenters. The average Bonchev–Trinajstić information content (AvgIpc) is 3.12. The number of nitrogens with zero attached hydrogens (tertiary/aromatic N) is 2. The van der Waals surface area contributed by atoms with Gasteiger partial charge in [0.05, 0.1) is 23.1 Å². The lowest BCUT2D eigenvalue weighted by atomic mass is 10.0. The Morgan fingerprint density at radius 3 is 2.41 bits per heavy atom. The lowest BCUT2D eigenvalue weighted by Crippen LogP contribution is -2.32. The van der Waals surface area contributed by atoms with Gasteiger partial charge in [-0.05, 0) is 30.5 Å². The normalized spacial score (nSPS) is 12.2. The molecule has 0 aliphatic heterocycles. The van der Waals surface area contributed by atoms with Crippen molar-refractivity contribution in [1.29, 1.82) is 0 Å². The van der Waals surface area contributed by atoms with E-state index in [9.17, 15) is 4.79 Å². The van der Waals surface area contributed by atoms with Crippen LogP contribution in [0.1, 0.15) is 53.0 Å². The van der Waals surface area contributed by atoms with Crippen LogP contribution in [0.2, 0.25) is 0 Å². The molecule has 3 N–H and O–H groups in total. The number of aryl methyl sites for hydroxylation is 1. The van der Waals surface area contributed by atoms with Crippen molar-refractivity contribution in [3.05, 3.63) is 83.2 Å². The van der Waals surface area contributed by atoms with Gasteiger partial charge in [-0.1, -0.05) is 61.9 Å². The van der Waals surface area contributed by atoms with Gasteiger partial charge in [-0.15, -0.1) is 0 Å². The van der Waals surface area contributed by atoms with Crippen molar-refractivity contribution in [1.82, 2.24) is 15.1 Å². The molecule has 0 bridgehead atoms. The molecule has 140 valence electrons. The van der Waals surface area contributed by atoms with Gasteiger partial charge in [-0.2, -0.15) is 5.10 Å². The summed E-state index contributed by atoms with van der Waals surface area (Å²) in [6, 6.07) is 17.6. The standard InChI is InChI=1S/C22H26N4O/c1-15(2)21-19(13-25-26(21)18-11-9-16(3)10-12-18)22(27)24-14-20(23)17-7-5-4-6-8-17/h4-13,15,20H,14,23H2,1-3H3,(H,24,27). The van der Waals surface area contributed by atoms with E-state index in [4.69, 9.17) is 5.73 Å². The first-order valence-electron chi connectivity index (χ1n) is 9.21. The van der Waals surface area contributed by atoms with Gasteiger partial charge >= 0.3 is 0 Å².